The Labute approximate surface area is 219 Å². The number of carbonyl (C=O) groups is 3. The molecule has 0 heterocycles. The second-order valence-corrected chi connectivity index (χ2v) is 8.71. The first-order valence-corrected chi connectivity index (χ1v) is 11.5. The van der Waals surface area contributed by atoms with E-state index in [1.165, 1.54) is 25.3 Å². The van der Waals surface area contributed by atoms with Crippen molar-refractivity contribution in [1.82, 2.24) is 5.43 Å². The predicted octanol–water partition coefficient (Wildman–Crippen LogP) is 5.46. The number of methoxy groups -OCH3 is 1. The van der Waals surface area contributed by atoms with Crippen molar-refractivity contribution in [2.75, 3.05) is 12.4 Å². The molecule has 8 nitrogen and oxygen atoms in total. The SMILES string of the molecule is COc1cc(/C(C)=N/NC(=O)C(=O)Nc2cc(Cl)cc(Cl)c2)ccc1OC(=O)c1ccccc1Br. The van der Waals surface area contributed by atoms with Gasteiger partial charge in [-0.2, -0.15) is 5.10 Å². The van der Waals surface area contributed by atoms with E-state index in [2.05, 4.69) is 31.8 Å². The van der Waals surface area contributed by atoms with Crippen LogP contribution < -0.4 is 20.2 Å². The Bertz CT molecular complexity index is 1310. The van der Waals surface area contributed by atoms with E-state index in [1.54, 1.807) is 49.4 Å². The Balaban J connectivity index is 1.68. The second-order valence-electron chi connectivity index (χ2n) is 6.99. The average Bonchev–Trinajstić information content (AvgIpc) is 2.82. The number of hydrogen-bond donors (Lipinski definition) is 2. The normalized spacial score (nSPS) is 10.9. The highest BCUT2D eigenvalue weighted by atomic mass is 79.9. The summed E-state index contributed by atoms with van der Waals surface area (Å²) in [5, 5.41) is 6.95. The van der Waals surface area contributed by atoms with Crippen molar-refractivity contribution in [1.29, 1.82) is 0 Å². The molecular formula is C24H18BrCl2N3O5. The summed E-state index contributed by atoms with van der Waals surface area (Å²) < 4.78 is 11.4. The van der Waals surface area contributed by atoms with Gasteiger partial charge < -0.3 is 14.8 Å². The van der Waals surface area contributed by atoms with E-state index in [0.717, 1.165) is 0 Å². The van der Waals surface area contributed by atoms with E-state index in [-0.39, 0.29) is 17.2 Å². The summed E-state index contributed by atoms with van der Waals surface area (Å²) in [6, 6.07) is 16.0. The summed E-state index contributed by atoms with van der Waals surface area (Å²) in [5.41, 5.74) is 3.74. The number of nitrogens with one attached hydrogen (secondary N) is 2. The molecular weight excluding hydrogens is 561 g/mol. The van der Waals surface area contributed by atoms with E-state index in [0.29, 0.717) is 31.4 Å². The molecule has 3 aromatic carbocycles. The van der Waals surface area contributed by atoms with Crippen LogP contribution in [0.4, 0.5) is 5.69 Å². The van der Waals surface area contributed by atoms with Crippen LogP contribution in [0.5, 0.6) is 11.5 Å². The van der Waals surface area contributed by atoms with Crippen LogP contribution in [-0.4, -0.2) is 30.6 Å². The van der Waals surface area contributed by atoms with Crippen molar-refractivity contribution in [3.63, 3.8) is 0 Å². The molecule has 0 atom stereocenters. The van der Waals surface area contributed by atoms with Crippen LogP contribution in [0.25, 0.3) is 0 Å². The second kappa shape index (κ2) is 11.8. The lowest BCUT2D eigenvalue weighted by molar-refractivity contribution is -0.136. The Hall–Kier alpha value is -3.40. The number of benzene rings is 3. The summed E-state index contributed by atoms with van der Waals surface area (Å²) in [5.74, 6) is -2.03. The molecule has 180 valence electrons. The largest absolute Gasteiger partial charge is 0.493 e. The molecule has 2 amide bonds. The third kappa shape index (κ3) is 7.05. The first kappa shape index (κ1) is 26.2. The van der Waals surface area contributed by atoms with Gasteiger partial charge in [0, 0.05) is 25.8 Å². The predicted molar refractivity (Wildman–Crippen MR) is 138 cm³/mol. The Morgan fingerprint density at radius 3 is 2.26 bits per heavy atom. The molecule has 0 fully saturated rings. The number of carbonyl (C=O) groups excluding carboxylic acids is 3. The van der Waals surface area contributed by atoms with E-state index in [4.69, 9.17) is 32.7 Å². The van der Waals surface area contributed by atoms with Crippen LogP contribution in [-0.2, 0) is 9.59 Å². The maximum Gasteiger partial charge on any atom is 0.344 e. The van der Waals surface area contributed by atoms with Crippen LogP contribution in [0, 0.1) is 0 Å². The number of nitrogens with zero attached hydrogens (tertiary/aromatic N) is 1. The van der Waals surface area contributed by atoms with Gasteiger partial charge in [-0.05, 0) is 71.4 Å². The topological polar surface area (TPSA) is 106 Å². The van der Waals surface area contributed by atoms with Crippen molar-refractivity contribution in [2.24, 2.45) is 5.10 Å². The highest BCUT2D eigenvalue weighted by molar-refractivity contribution is 9.10. The molecule has 0 aliphatic heterocycles. The third-order valence-corrected chi connectivity index (χ3v) is 5.66. The number of hydrazone groups is 1. The fourth-order valence-electron chi connectivity index (χ4n) is 2.82. The van der Waals surface area contributed by atoms with Crippen LogP contribution in [0.2, 0.25) is 10.0 Å². The Kier molecular flexibility index (Phi) is 8.86. The summed E-state index contributed by atoms with van der Waals surface area (Å²) in [6.45, 7) is 1.62. The molecule has 3 aromatic rings. The maximum atomic E-state index is 12.5. The molecule has 11 heteroatoms. The molecule has 0 aromatic heterocycles. The summed E-state index contributed by atoms with van der Waals surface area (Å²) in [7, 11) is 1.43. The fraction of sp³-hybridized carbons (Fsp3) is 0.0833. The minimum atomic E-state index is -0.994. The van der Waals surface area contributed by atoms with E-state index < -0.39 is 17.8 Å². The molecule has 0 aliphatic rings. The minimum absolute atomic E-state index is 0.202. The smallest absolute Gasteiger partial charge is 0.344 e. The van der Waals surface area contributed by atoms with Gasteiger partial charge in [-0.3, -0.25) is 9.59 Å². The van der Waals surface area contributed by atoms with Gasteiger partial charge in [-0.1, -0.05) is 35.3 Å². The number of hydrogen-bond acceptors (Lipinski definition) is 6. The highest BCUT2D eigenvalue weighted by Crippen LogP contribution is 2.30. The molecule has 0 bridgehead atoms. The van der Waals surface area contributed by atoms with Gasteiger partial charge in [0.1, 0.15) is 0 Å². The zero-order chi connectivity index (χ0) is 25.5. The van der Waals surface area contributed by atoms with Gasteiger partial charge in [-0.15, -0.1) is 0 Å². The van der Waals surface area contributed by atoms with Crippen LogP contribution in [0.1, 0.15) is 22.8 Å². The maximum absolute atomic E-state index is 12.5. The van der Waals surface area contributed by atoms with Crippen molar-refractivity contribution >= 4 is 68.3 Å². The van der Waals surface area contributed by atoms with Crippen LogP contribution in [0.15, 0.2) is 70.2 Å². The Morgan fingerprint density at radius 1 is 0.914 bits per heavy atom. The van der Waals surface area contributed by atoms with Crippen molar-refractivity contribution < 1.29 is 23.9 Å². The van der Waals surface area contributed by atoms with Crippen LogP contribution >= 0.6 is 39.1 Å². The number of rotatable bonds is 6. The summed E-state index contributed by atoms with van der Waals surface area (Å²) >= 11 is 15.1. The standard InChI is InChI=1S/C24H18BrCl2N3O5/c1-13(29-30-23(32)22(31)28-17-11-15(26)10-16(27)12-17)14-7-8-20(21(9-14)34-2)35-24(33)18-5-3-4-6-19(18)25/h3-12H,1-2H3,(H,28,31)(H,30,32)/b29-13+. The van der Waals surface area contributed by atoms with E-state index >= 15 is 0 Å². The lowest BCUT2D eigenvalue weighted by Crippen LogP contribution is -2.32. The van der Waals surface area contributed by atoms with Crippen molar-refractivity contribution in [3.8, 4) is 11.5 Å². The quantitative estimate of drug-likeness (QED) is 0.133. The van der Waals surface area contributed by atoms with E-state index in [9.17, 15) is 14.4 Å². The van der Waals surface area contributed by atoms with Crippen molar-refractivity contribution in [2.45, 2.75) is 6.92 Å². The molecule has 0 radical (unpaired) electrons. The number of amides is 2. The monoisotopic (exact) mass is 577 g/mol. The first-order valence-electron chi connectivity index (χ1n) is 9.94. The number of ether oxygens (including phenoxy) is 2. The molecule has 0 spiro atoms. The summed E-state index contributed by atoms with van der Waals surface area (Å²) in [6.07, 6.45) is 0. The average molecular weight is 579 g/mol. The molecule has 2 N–H and O–H groups in total. The van der Waals surface area contributed by atoms with Gasteiger partial charge in [-0.25, -0.2) is 10.2 Å². The Morgan fingerprint density at radius 2 is 1.60 bits per heavy atom. The molecule has 3 rings (SSSR count). The molecule has 35 heavy (non-hydrogen) atoms. The fourth-order valence-corrected chi connectivity index (χ4v) is 3.80. The molecule has 0 saturated carbocycles. The van der Waals surface area contributed by atoms with Gasteiger partial charge in [0.15, 0.2) is 11.5 Å². The number of esters is 1. The van der Waals surface area contributed by atoms with Gasteiger partial charge >= 0.3 is 17.8 Å². The minimum Gasteiger partial charge on any atom is -0.493 e. The lowest BCUT2D eigenvalue weighted by atomic mass is 10.1. The van der Waals surface area contributed by atoms with Gasteiger partial charge in [0.25, 0.3) is 0 Å². The highest BCUT2D eigenvalue weighted by Gasteiger charge is 2.17. The van der Waals surface area contributed by atoms with Gasteiger partial charge in [0.2, 0.25) is 0 Å². The molecule has 0 unspecified atom stereocenters. The third-order valence-electron chi connectivity index (χ3n) is 4.53. The molecule has 0 aliphatic carbocycles. The first-order chi connectivity index (χ1) is 16.7. The zero-order valence-corrected chi connectivity index (χ0v) is 21.5. The lowest BCUT2D eigenvalue weighted by Gasteiger charge is -2.12. The van der Waals surface area contributed by atoms with Crippen LogP contribution in [0.3, 0.4) is 0 Å². The van der Waals surface area contributed by atoms with E-state index in [1.807, 2.05) is 0 Å². The summed E-state index contributed by atoms with van der Waals surface area (Å²) in [4.78, 5) is 36.8. The van der Waals surface area contributed by atoms with Crippen molar-refractivity contribution in [3.05, 3.63) is 86.3 Å². The number of halogens is 3. The number of anilines is 1. The molecule has 0 saturated heterocycles. The zero-order valence-electron chi connectivity index (χ0n) is 18.4. The van der Waals surface area contributed by atoms with Gasteiger partial charge in [0.05, 0.1) is 18.4 Å².